The summed E-state index contributed by atoms with van der Waals surface area (Å²) in [5.41, 5.74) is 8.62. The Balaban J connectivity index is 2.20. The van der Waals surface area contributed by atoms with Crippen LogP contribution in [0.3, 0.4) is 0 Å². The number of fused-ring (bicyclic) bond motifs is 2. The van der Waals surface area contributed by atoms with Gasteiger partial charge in [0.15, 0.2) is 14.6 Å². The van der Waals surface area contributed by atoms with Gasteiger partial charge in [0.25, 0.3) is 0 Å². The van der Waals surface area contributed by atoms with E-state index in [2.05, 4.69) is 43.9 Å². The van der Waals surface area contributed by atoms with Gasteiger partial charge in [-0.05, 0) is 23.7 Å². The third-order valence-corrected chi connectivity index (χ3v) is 8.96. The minimum Gasteiger partial charge on any atom is -0.409 e. The molecule has 2 rings (SSSR count). The molecule has 2 aliphatic rings. The van der Waals surface area contributed by atoms with Crippen molar-refractivity contribution in [3.05, 3.63) is 10.4 Å². The fourth-order valence-corrected chi connectivity index (χ4v) is 3.54. The summed E-state index contributed by atoms with van der Waals surface area (Å²) in [5.74, 6) is 0. The highest BCUT2D eigenvalue weighted by Crippen LogP contribution is 2.41. The first kappa shape index (κ1) is 15.8. The molecule has 2 aliphatic heterocycles. The van der Waals surface area contributed by atoms with Gasteiger partial charge in [0.05, 0.1) is 12.7 Å². The highest BCUT2D eigenvalue weighted by atomic mass is 28.4. The van der Waals surface area contributed by atoms with Crippen LogP contribution in [-0.4, -0.2) is 50.7 Å². The van der Waals surface area contributed by atoms with Gasteiger partial charge in [0, 0.05) is 4.91 Å². The standard InChI is InChI=1S/C12H23N3O4Si/c1-12(2,3)20(4,5)19-10-7-6-17-11(18-7)8(9(10)16)14-15-13/h7-11,16H,6H2,1-5H3/t7-,8-,9-,10-,11-/m1/s1. The van der Waals surface area contributed by atoms with Crippen LogP contribution in [0.5, 0.6) is 0 Å². The van der Waals surface area contributed by atoms with Crippen LogP contribution in [0, 0.1) is 0 Å². The highest BCUT2D eigenvalue weighted by molar-refractivity contribution is 6.74. The quantitative estimate of drug-likeness (QED) is 0.374. The van der Waals surface area contributed by atoms with Gasteiger partial charge in [-0.1, -0.05) is 25.9 Å². The molecule has 0 saturated carbocycles. The second-order valence-corrected chi connectivity index (χ2v) is 11.7. The summed E-state index contributed by atoms with van der Waals surface area (Å²) in [6.07, 6.45) is -2.36. The molecule has 0 aromatic rings. The van der Waals surface area contributed by atoms with Crippen LogP contribution in [0.15, 0.2) is 5.11 Å². The van der Waals surface area contributed by atoms with Gasteiger partial charge in [0.1, 0.15) is 18.2 Å². The van der Waals surface area contributed by atoms with Crippen molar-refractivity contribution in [3.8, 4) is 0 Å². The van der Waals surface area contributed by atoms with Crippen LogP contribution < -0.4 is 0 Å². The molecule has 2 fully saturated rings. The van der Waals surface area contributed by atoms with E-state index in [1.807, 2.05) is 0 Å². The molecule has 2 bridgehead atoms. The lowest BCUT2D eigenvalue weighted by Crippen LogP contribution is -2.58. The number of nitrogens with zero attached hydrogens (tertiary/aromatic N) is 3. The summed E-state index contributed by atoms with van der Waals surface area (Å²) >= 11 is 0. The number of ether oxygens (including phenoxy) is 2. The third kappa shape index (κ3) is 2.72. The molecule has 0 spiro atoms. The predicted molar refractivity (Wildman–Crippen MR) is 75.6 cm³/mol. The molecule has 8 heteroatoms. The second kappa shape index (κ2) is 5.29. The molecule has 0 aromatic heterocycles. The van der Waals surface area contributed by atoms with Crippen molar-refractivity contribution >= 4 is 8.32 Å². The first-order chi connectivity index (χ1) is 9.17. The van der Waals surface area contributed by atoms with Crippen LogP contribution in [-0.2, 0) is 13.9 Å². The summed E-state index contributed by atoms with van der Waals surface area (Å²) in [4.78, 5) is 2.77. The molecule has 0 aliphatic carbocycles. The number of hydrogen-bond donors (Lipinski definition) is 1. The Morgan fingerprint density at radius 2 is 2.05 bits per heavy atom. The van der Waals surface area contributed by atoms with Crippen molar-refractivity contribution in [2.75, 3.05) is 6.61 Å². The van der Waals surface area contributed by atoms with Crippen LogP contribution in [0.4, 0.5) is 0 Å². The Morgan fingerprint density at radius 3 is 2.60 bits per heavy atom. The number of aliphatic hydroxyl groups excluding tert-OH is 1. The van der Waals surface area contributed by atoms with Gasteiger partial charge in [0.2, 0.25) is 0 Å². The first-order valence-electron chi connectivity index (χ1n) is 6.84. The summed E-state index contributed by atoms with van der Waals surface area (Å²) in [6.45, 7) is 11.0. The van der Waals surface area contributed by atoms with E-state index in [0.717, 1.165) is 0 Å². The SMILES string of the molecule is CC(C)(C)[Si](C)(C)O[C@H]1[C@H](O)[C@@H](N=[N+]=[N-])[C@@H]2OC[C@H]1O2. The minimum atomic E-state index is -2.06. The van der Waals surface area contributed by atoms with Crippen LogP contribution in [0.1, 0.15) is 20.8 Å². The van der Waals surface area contributed by atoms with Crippen molar-refractivity contribution in [1.82, 2.24) is 0 Å². The Kier molecular flexibility index (Phi) is 4.16. The van der Waals surface area contributed by atoms with Gasteiger partial charge in [-0.3, -0.25) is 0 Å². The lowest BCUT2D eigenvalue weighted by molar-refractivity contribution is -0.173. The fraction of sp³-hybridized carbons (Fsp3) is 1.00. The topological polar surface area (TPSA) is 96.7 Å². The maximum Gasteiger partial charge on any atom is 0.192 e. The predicted octanol–water partition coefficient (Wildman–Crippen LogP) is 2.17. The smallest absolute Gasteiger partial charge is 0.192 e. The zero-order valence-electron chi connectivity index (χ0n) is 12.6. The van der Waals surface area contributed by atoms with E-state index >= 15 is 0 Å². The number of hydrogen-bond acceptors (Lipinski definition) is 5. The van der Waals surface area contributed by atoms with Gasteiger partial charge in [-0.25, -0.2) is 0 Å². The summed E-state index contributed by atoms with van der Waals surface area (Å²) in [5, 5.41) is 14.1. The largest absolute Gasteiger partial charge is 0.409 e. The normalized spacial score (nSPS) is 37.6. The zero-order chi connectivity index (χ0) is 15.1. The first-order valence-corrected chi connectivity index (χ1v) is 9.75. The zero-order valence-corrected chi connectivity index (χ0v) is 13.6. The summed E-state index contributed by atoms with van der Waals surface area (Å²) in [7, 11) is -2.06. The molecule has 0 amide bonds. The molecule has 20 heavy (non-hydrogen) atoms. The van der Waals surface area contributed by atoms with Crippen molar-refractivity contribution in [2.24, 2.45) is 5.11 Å². The lowest BCUT2D eigenvalue weighted by Gasteiger charge is -2.44. The van der Waals surface area contributed by atoms with E-state index in [1.165, 1.54) is 0 Å². The summed E-state index contributed by atoms with van der Waals surface area (Å²) < 4.78 is 17.3. The molecular formula is C12H23N3O4Si. The van der Waals surface area contributed by atoms with Crippen molar-refractivity contribution in [2.45, 2.75) is 69.5 Å². The number of azide groups is 1. The van der Waals surface area contributed by atoms with Crippen molar-refractivity contribution in [3.63, 3.8) is 0 Å². The molecule has 114 valence electrons. The van der Waals surface area contributed by atoms with Crippen LogP contribution in [0.2, 0.25) is 18.1 Å². The number of aliphatic hydroxyl groups is 1. The highest BCUT2D eigenvalue weighted by Gasteiger charge is 2.53. The Morgan fingerprint density at radius 1 is 1.40 bits per heavy atom. The average Bonchev–Trinajstić information content (AvgIpc) is 2.75. The van der Waals surface area contributed by atoms with Gasteiger partial charge in [-0.15, -0.1) is 0 Å². The van der Waals surface area contributed by atoms with Crippen molar-refractivity contribution in [1.29, 1.82) is 0 Å². The monoisotopic (exact) mass is 301 g/mol. The Bertz CT molecular complexity index is 419. The average molecular weight is 301 g/mol. The molecule has 2 heterocycles. The lowest BCUT2D eigenvalue weighted by atomic mass is 10.00. The maximum absolute atomic E-state index is 10.4. The molecule has 0 aromatic carbocycles. The molecule has 1 N–H and O–H groups in total. The Hall–Kier alpha value is -0.633. The van der Waals surface area contributed by atoms with E-state index in [4.69, 9.17) is 19.4 Å². The summed E-state index contributed by atoms with van der Waals surface area (Å²) in [6, 6.07) is -0.756. The third-order valence-electron chi connectivity index (χ3n) is 4.49. The van der Waals surface area contributed by atoms with Gasteiger partial charge < -0.3 is 19.0 Å². The fourth-order valence-electron chi connectivity index (χ4n) is 2.21. The van der Waals surface area contributed by atoms with Crippen LogP contribution >= 0.6 is 0 Å². The van der Waals surface area contributed by atoms with Gasteiger partial charge >= 0.3 is 0 Å². The van der Waals surface area contributed by atoms with E-state index in [-0.39, 0.29) is 11.1 Å². The van der Waals surface area contributed by atoms with E-state index in [0.29, 0.717) is 6.61 Å². The van der Waals surface area contributed by atoms with E-state index in [1.54, 1.807) is 0 Å². The molecular weight excluding hydrogens is 278 g/mol. The molecule has 2 saturated heterocycles. The molecule has 0 unspecified atom stereocenters. The molecule has 5 atom stereocenters. The Labute approximate surface area is 120 Å². The molecule has 7 nitrogen and oxygen atoms in total. The minimum absolute atomic E-state index is 0.0248. The number of rotatable bonds is 3. The second-order valence-electron chi connectivity index (χ2n) is 6.91. The van der Waals surface area contributed by atoms with E-state index < -0.39 is 32.9 Å². The van der Waals surface area contributed by atoms with Crippen LogP contribution in [0.25, 0.3) is 10.4 Å². The van der Waals surface area contributed by atoms with Crippen molar-refractivity contribution < 1.29 is 19.0 Å². The maximum atomic E-state index is 10.4. The molecule has 0 radical (unpaired) electrons. The van der Waals surface area contributed by atoms with Gasteiger partial charge in [-0.2, -0.15) is 0 Å². The van der Waals surface area contributed by atoms with E-state index in [9.17, 15) is 5.11 Å².